The number of methoxy groups -OCH3 is 3. The highest BCUT2D eigenvalue weighted by atomic mass is 16.5. The molecule has 0 saturated heterocycles. The van der Waals surface area contributed by atoms with Gasteiger partial charge in [0.05, 0.1) is 32.4 Å². The van der Waals surface area contributed by atoms with Crippen molar-refractivity contribution in [2.45, 2.75) is 38.6 Å². The average Bonchev–Trinajstić information content (AvgIpc) is 3.08. The van der Waals surface area contributed by atoms with E-state index in [0.29, 0.717) is 30.4 Å². The summed E-state index contributed by atoms with van der Waals surface area (Å²) in [5, 5.41) is 0. The van der Waals surface area contributed by atoms with E-state index in [1.807, 2.05) is 41.0 Å². The van der Waals surface area contributed by atoms with Crippen LogP contribution in [0.25, 0.3) is 11.0 Å². The van der Waals surface area contributed by atoms with Crippen LogP contribution in [0.1, 0.15) is 31.2 Å². The Morgan fingerprint density at radius 1 is 0.909 bits per heavy atom. The fourth-order valence-electron chi connectivity index (χ4n) is 4.95. The predicted molar refractivity (Wildman–Crippen MR) is 127 cm³/mol. The molecule has 1 fully saturated rings. The smallest absolute Gasteiger partial charge is 0.328 e. The van der Waals surface area contributed by atoms with Crippen molar-refractivity contribution >= 4 is 16.8 Å². The fourth-order valence-corrected chi connectivity index (χ4v) is 4.95. The number of aryl methyl sites for hydroxylation is 1. The van der Waals surface area contributed by atoms with Crippen molar-refractivity contribution in [1.29, 1.82) is 0 Å². The van der Waals surface area contributed by atoms with Crippen LogP contribution >= 0.6 is 0 Å². The Morgan fingerprint density at radius 3 is 2.30 bits per heavy atom. The van der Waals surface area contributed by atoms with Crippen LogP contribution in [0.3, 0.4) is 0 Å². The summed E-state index contributed by atoms with van der Waals surface area (Å²) >= 11 is 0. The van der Waals surface area contributed by atoms with E-state index in [9.17, 15) is 9.59 Å². The van der Waals surface area contributed by atoms with Gasteiger partial charge in [0.2, 0.25) is 0 Å². The summed E-state index contributed by atoms with van der Waals surface area (Å²) in [4.78, 5) is 25.8. The van der Waals surface area contributed by atoms with Crippen LogP contribution < -0.4 is 19.9 Å². The number of carbonyl (C=O) groups is 1. The second-order valence-corrected chi connectivity index (χ2v) is 8.86. The van der Waals surface area contributed by atoms with Gasteiger partial charge in [0.25, 0.3) is 0 Å². The van der Waals surface area contributed by atoms with Gasteiger partial charge in [-0.05, 0) is 61.4 Å². The summed E-state index contributed by atoms with van der Waals surface area (Å²) < 4.78 is 19.5. The molecule has 0 aliphatic heterocycles. The number of ether oxygens (including phenoxy) is 3. The predicted octanol–water partition coefficient (Wildman–Crippen LogP) is 3.98. The first-order valence-corrected chi connectivity index (χ1v) is 11.4. The monoisotopic (exact) mass is 452 g/mol. The van der Waals surface area contributed by atoms with Crippen LogP contribution in [0.5, 0.6) is 17.2 Å². The molecule has 0 atom stereocenters. The second-order valence-electron chi connectivity index (χ2n) is 8.86. The zero-order valence-electron chi connectivity index (χ0n) is 19.8. The third-order valence-electron chi connectivity index (χ3n) is 6.92. The van der Waals surface area contributed by atoms with Gasteiger partial charge in [-0.15, -0.1) is 0 Å². The van der Waals surface area contributed by atoms with E-state index in [4.69, 9.17) is 14.2 Å². The minimum atomic E-state index is -0.00935. The lowest BCUT2D eigenvalue weighted by Gasteiger charge is -2.28. The number of benzene rings is 2. The maximum atomic E-state index is 12.9. The number of hydrogen-bond acceptors (Lipinski definition) is 5. The molecule has 0 amide bonds. The molecule has 0 radical (unpaired) electrons. The van der Waals surface area contributed by atoms with E-state index in [2.05, 4.69) is 0 Å². The Labute approximate surface area is 193 Å². The van der Waals surface area contributed by atoms with Crippen LogP contribution in [0.15, 0.2) is 41.2 Å². The van der Waals surface area contributed by atoms with E-state index in [-0.39, 0.29) is 17.4 Å². The fraction of sp³-hybridized carbons (Fsp3) is 0.462. The van der Waals surface area contributed by atoms with Crippen LogP contribution in [-0.2, 0) is 24.8 Å². The second kappa shape index (κ2) is 9.73. The molecule has 1 saturated carbocycles. The number of fused-ring (bicyclic) bond motifs is 1. The van der Waals surface area contributed by atoms with E-state index in [0.717, 1.165) is 48.0 Å². The van der Waals surface area contributed by atoms with Crippen LogP contribution in [0.2, 0.25) is 0 Å². The summed E-state index contributed by atoms with van der Waals surface area (Å²) in [6.07, 6.45) is 4.00. The Kier molecular flexibility index (Phi) is 6.77. The molecule has 0 bridgehead atoms. The lowest BCUT2D eigenvalue weighted by Crippen LogP contribution is -2.29. The van der Waals surface area contributed by atoms with Crippen molar-refractivity contribution in [3.05, 3.63) is 52.4 Å². The molecular formula is C26H32N2O5. The molecule has 1 heterocycles. The number of aromatic nitrogens is 2. The first kappa shape index (κ1) is 23.0. The van der Waals surface area contributed by atoms with Crippen LogP contribution in [0.4, 0.5) is 0 Å². The van der Waals surface area contributed by atoms with E-state index in [1.165, 1.54) is 0 Å². The van der Waals surface area contributed by atoms with Crippen molar-refractivity contribution in [1.82, 2.24) is 9.13 Å². The normalized spacial score (nSPS) is 18.3. The summed E-state index contributed by atoms with van der Waals surface area (Å²) in [6.45, 7) is 0.667. The molecule has 2 aromatic carbocycles. The van der Waals surface area contributed by atoms with Gasteiger partial charge in [-0.2, -0.15) is 0 Å². The minimum absolute atomic E-state index is 0.00935. The number of ketones is 1. The Balaban J connectivity index is 1.40. The molecule has 176 valence electrons. The van der Waals surface area contributed by atoms with Gasteiger partial charge in [0.15, 0.2) is 11.5 Å². The van der Waals surface area contributed by atoms with Gasteiger partial charge in [0.1, 0.15) is 11.5 Å². The topological polar surface area (TPSA) is 71.7 Å². The number of imidazole rings is 1. The van der Waals surface area contributed by atoms with Crippen molar-refractivity contribution in [3.63, 3.8) is 0 Å². The number of carbonyl (C=O) groups excluding carboxylic acids is 1. The number of nitrogens with zero attached hydrogens (tertiary/aromatic N) is 2. The van der Waals surface area contributed by atoms with Gasteiger partial charge in [0, 0.05) is 32.0 Å². The summed E-state index contributed by atoms with van der Waals surface area (Å²) in [6, 6.07) is 11.4. The minimum Gasteiger partial charge on any atom is -0.497 e. The van der Waals surface area contributed by atoms with Gasteiger partial charge >= 0.3 is 5.69 Å². The quantitative estimate of drug-likeness (QED) is 0.517. The molecule has 33 heavy (non-hydrogen) atoms. The molecule has 1 aliphatic carbocycles. The first-order chi connectivity index (χ1) is 15.9. The SMILES string of the molecule is COc1ccc2c(c1)n(CC1CCC(C(=O)Cc3ccc(OC)c(OC)c3)CC1)c(=O)n2C. The lowest BCUT2D eigenvalue weighted by atomic mass is 9.79. The lowest BCUT2D eigenvalue weighted by molar-refractivity contribution is -0.123. The largest absolute Gasteiger partial charge is 0.497 e. The summed E-state index contributed by atoms with van der Waals surface area (Å²) in [5.41, 5.74) is 2.73. The summed E-state index contributed by atoms with van der Waals surface area (Å²) in [7, 11) is 6.64. The maximum absolute atomic E-state index is 12.9. The van der Waals surface area contributed by atoms with Crippen molar-refractivity contribution in [2.24, 2.45) is 18.9 Å². The Hall–Kier alpha value is -3.22. The molecular weight excluding hydrogens is 420 g/mol. The van der Waals surface area contributed by atoms with Crippen LogP contribution in [-0.4, -0.2) is 36.2 Å². The number of hydrogen-bond donors (Lipinski definition) is 0. The van der Waals surface area contributed by atoms with E-state index >= 15 is 0 Å². The third-order valence-corrected chi connectivity index (χ3v) is 6.92. The highest BCUT2D eigenvalue weighted by Crippen LogP contribution is 2.33. The van der Waals surface area contributed by atoms with Crippen molar-refractivity contribution in [2.75, 3.05) is 21.3 Å². The Bertz CT molecular complexity index is 1200. The zero-order chi connectivity index (χ0) is 23.5. The molecule has 0 N–H and O–H groups in total. The molecule has 4 rings (SSSR count). The molecule has 1 aliphatic rings. The van der Waals surface area contributed by atoms with Crippen molar-refractivity contribution in [3.8, 4) is 17.2 Å². The zero-order valence-corrected chi connectivity index (χ0v) is 19.8. The standard InChI is InChI=1S/C26H32N2O5/c1-27-21-11-10-20(31-2)15-22(21)28(26(27)30)16-17-5-8-19(9-6-17)23(29)13-18-7-12-24(32-3)25(14-18)33-4/h7,10-12,14-15,17,19H,5-6,8-9,13,16H2,1-4H3. The average molecular weight is 453 g/mol. The maximum Gasteiger partial charge on any atom is 0.328 e. The molecule has 0 spiro atoms. The number of rotatable bonds is 8. The van der Waals surface area contributed by atoms with Gasteiger partial charge in [-0.3, -0.25) is 13.9 Å². The van der Waals surface area contributed by atoms with Gasteiger partial charge in [-0.1, -0.05) is 6.07 Å². The number of Topliss-reactive ketones (excluding diaryl/α,β-unsaturated/α-hetero) is 1. The molecule has 1 aromatic heterocycles. The molecule has 7 heteroatoms. The highest BCUT2D eigenvalue weighted by molar-refractivity contribution is 5.83. The van der Waals surface area contributed by atoms with Gasteiger partial charge in [-0.25, -0.2) is 4.79 Å². The molecule has 0 unspecified atom stereocenters. The molecule has 3 aromatic rings. The highest BCUT2D eigenvalue weighted by Gasteiger charge is 2.27. The van der Waals surface area contributed by atoms with Crippen molar-refractivity contribution < 1.29 is 19.0 Å². The van der Waals surface area contributed by atoms with Crippen LogP contribution in [0, 0.1) is 11.8 Å². The van der Waals surface area contributed by atoms with E-state index < -0.39 is 0 Å². The summed E-state index contributed by atoms with van der Waals surface area (Å²) in [5.74, 6) is 2.77. The Morgan fingerprint density at radius 2 is 1.64 bits per heavy atom. The molecule has 7 nitrogen and oxygen atoms in total. The van der Waals surface area contributed by atoms with Gasteiger partial charge < -0.3 is 14.2 Å². The third kappa shape index (κ3) is 4.63. The first-order valence-electron chi connectivity index (χ1n) is 11.4. The van der Waals surface area contributed by atoms with E-state index in [1.54, 1.807) is 32.9 Å².